The Bertz CT molecular complexity index is 1380. The molecule has 1 N–H and O–H groups in total. The molecule has 0 saturated carbocycles. The van der Waals surface area contributed by atoms with Crippen LogP contribution < -0.4 is 10.1 Å². The topological polar surface area (TPSA) is 115 Å². The van der Waals surface area contributed by atoms with Gasteiger partial charge >= 0.3 is 5.69 Å². The SMILES string of the molecule is Cc1cc(C)c(Oc2ccc([N+](=O)[O-])c(NC3CCN(Cc4ccc(S(C)(=O)=O)cc4)CC3)n2)c(C)c1. The molecule has 4 rings (SSSR count). The van der Waals surface area contributed by atoms with Crippen LogP contribution in [0.15, 0.2) is 53.4 Å². The van der Waals surface area contributed by atoms with Crippen LogP contribution in [0.3, 0.4) is 0 Å². The molecule has 0 spiro atoms. The largest absolute Gasteiger partial charge is 0.438 e. The van der Waals surface area contributed by atoms with Crippen LogP contribution in [-0.4, -0.2) is 48.6 Å². The second-order valence-electron chi connectivity index (χ2n) is 9.72. The minimum Gasteiger partial charge on any atom is -0.438 e. The van der Waals surface area contributed by atoms with E-state index in [9.17, 15) is 18.5 Å². The normalized spacial score (nSPS) is 14.9. The molecule has 1 saturated heterocycles. The molecule has 1 aliphatic heterocycles. The van der Waals surface area contributed by atoms with Crippen molar-refractivity contribution in [2.75, 3.05) is 24.7 Å². The Morgan fingerprint density at radius 1 is 1.05 bits per heavy atom. The van der Waals surface area contributed by atoms with E-state index in [2.05, 4.69) is 15.2 Å². The molecule has 2 heterocycles. The van der Waals surface area contributed by atoms with Crippen LogP contribution >= 0.6 is 0 Å². The monoisotopic (exact) mass is 524 g/mol. The fourth-order valence-electron chi connectivity index (χ4n) is 4.71. The number of nitrogens with one attached hydrogen (secondary N) is 1. The second-order valence-corrected chi connectivity index (χ2v) is 11.7. The standard InChI is InChI=1S/C27H32N4O5S/c1-18-15-19(2)26(20(3)16-18)36-25-10-9-24(31(32)33)27(29-25)28-22-11-13-30(14-12-22)17-21-5-7-23(8-6-21)37(4,34)35/h5-10,15-16,22H,11-14,17H2,1-4H3,(H,28,29). The summed E-state index contributed by atoms with van der Waals surface area (Å²) in [4.78, 5) is 18.3. The molecule has 1 aliphatic rings. The number of nitro groups is 1. The molecular formula is C27H32N4O5S. The lowest BCUT2D eigenvalue weighted by molar-refractivity contribution is -0.384. The molecule has 1 aromatic heterocycles. The zero-order chi connectivity index (χ0) is 26.7. The summed E-state index contributed by atoms with van der Waals surface area (Å²) in [6.07, 6.45) is 2.79. The summed E-state index contributed by atoms with van der Waals surface area (Å²) in [5.41, 5.74) is 4.05. The van der Waals surface area contributed by atoms with Gasteiger partial charge in [-0.15, -0.1) is 0 Å². The predicted molar refractivity (Wildman–Crippen MR) is 143 cm³/mol. The maximum Gasteiger partial charge on any atom is 0.311 e. The van der Waals surface area contributed by atoms with Gasteiger partial charge in [-0.2, -0.15) is 4.98 Å². The fourth-order valence-corrected chi connectivity index (χ4v) is 5.34. The minimum absolute atomic E-state index is 0.0353. The van der Waals surface area contributed by atoms with Crippen molar-refractivity contribution in [1.82, 2.24) is 9.88 Å². The van der Waals surface area contributed by atoms with Gasteiger partial charge < -0.3 is 10.1 Å². The van der Waals surface area contributed by atoms with E-state index in [4.69, 9.17) is 4.74 Å². The molecule has 0 unspecified atom stereocenters. The quantitative estimate of drug-likeness (QED) is 0.316. The number of piperidine rings is 1. The maximum atomic E-state index is 11.7. The molecule has 0 amide bonds. The summed E-state index contributed by atoms with van der Waals surface area (Å²) in [6.45, 7) is 8.28. The maximum absolute atomic E-state index is 11.7. The van der Waals surface area contributed by atoms with E-state index >= 15 is 0 Å². The highest BCUT2D eigenvalue weighted by Crippen LogP contribution is 2.33. The molecule has 1 fully saturated rings. The first-order chi connectivity index (χ1) is 17.5. The van der Waals surface area contributed by atoms with Gasteiger partial charge in [-0.3, -0.25) is 15.0 Å². The third-order valence-corrected chi connectivity index (χ3v) is 7.67. The van der Waals surface area contributed by atoms with E-state index in [1.54, 1.807) is 12.1 Å². The van der Waals surface area contributed by atoms with Crippen molar-refractivity contribution in [1.29, 1.82) is 0 Å². The lowest BCUT2D eigenvalue weighted by Crippen LogP contribution is -2.38. The third-order valence-electron chi connectivity index (χ3n) is 6.54. The Labute approximate surface area is 217 Å². The van der Waals surface area contributed by atoms with E-state index in [0.717, 1.165) is 48.2 Å². The lowest BCUT2D eigenvalue weighted by atomic mass is 10.0. The van der Waals surface area contributed by atoms with Gasteiger partial charge in [0.15, 0.2) is 9.84 Å². The Morgan fingerprint density at radius 3 is 2.24 bits per heavy atom. The first kappa shape index (κ1) is 26.6. The smallest absolute Gasteiger partial charge is 0.311 e. The van der Waals surface area contributed by atoms with Crippen molar-refractivity contribution in [3.05, 3.63) is 80.9 Å². The first-order valence-electron chi connectivity index (χ1n) is 12.2. The van der Waals surface area contributed by atoms with E-state index in [1.165, 1.54) is 18.4 Å². The summed E-state index contributed by atoms with van der Waals surface area (Å²) in [5.74, 6) is 1.22. The number of hydrogen-bond donors (Lipinski definition) is 1. The van der Waals surface area contributed by atoms with Crippen LogP contribution in [0.4, 0.5) is 11.5 Å². The lowest BCUT2D eigenvalue weighted by Gasteiger charge is -2.32. The molecule has 37 heavy (non-hydrogen) atoms. The number of ether oxygens (including phenoxy) is 1. The average molecular weight is 525 g/mol. The molecular weight excluding hydrogens is 492 g/mol. The number of benzene rings is 2. The van der Waals surface area contributed by atoms with Gasteiger partial charge in [0.1, 0.15) is 5.75 Å². The van der Waals surface area contributed by atoms with E-state index in [-0.39, 0.29) is 17.5 Å². The minimum atomic E-state index is -3.21. The molecule has 0 bridgehead atoms. The van der Waals surface area contributed by atoms with Crippen molar-refractivity contribution >= 4 is 21.3 Å². The number of anilines is 1. The average Bonchev–Trinajstić information content (AvgIpc) is 2.82. The highest BCUT2D eigenvalue weighted by Gasteiger charge is 2.24. The van der Waals surface area contributed by atoms with Gasteiger partial charge in [0.25, 0.3) is 0 Å². The second kappa shape index (κ2) is 10.9. The van der Waals surface area contributed by atoms with Gasteiger partial charge in [0.05, 0.1) is 9.82 Å². The molecule has 10 heteroatoms. The Balaban J connectivity index is 1.41. The van der Waals surface area contributed by atoms with E-state index in [1.807, 2.05) is 45.0 Å². The highest BCUT2D eigenvalue weighted by molar-refractivity contribution is 7.90. The van der Waals surface area contributed by atoms with Gasteiger partial charge in [-0.05, 0) is 62.4 Å². The fraction of sp³-hybridized carbons (Fsp3) is 0.370. The Hall–Kier alpha value is -3.50. The van der Waals surface area contributed by atoms with E-state index in [0.29, 0.717) is 23.1 Å². The third kappa shape index (κ3) is 6.64. The Morgan fingerprint density at radius 2 is 1.68 bits per heavy atom. The number of pyridine rings is 1. The van der Waals surface area contributed by atoms with Crippen molar-refractivity contribution < 1.29 is 18.1 Å². The van der Waals surface area contributed by atoms with Gasteiger partial charge in [0, 0.05) is 44.1 Å². The number of hydrogen-bond acceptors (Lipinski definition) is 8. The zero-order valence-corrected chi connectivity index (χ0v) is 22.3. The van der Waals surface area contributed by atoms with Crippen LogP contribution in [0.1, 0.15) is 35.1 Å². The van der Waals surface area contributed by atoms with Gasteiger partial charge in [0.2, 0.25) is 11.7 Å². The number of sulfone groups is 1. The van der Waals surface area contributed by atoms with Crippen LogP contribution in [0.2, 0.25) is 0 Å². The highest BCUT2D eigenvalue weighted by atomic mass is 32.2. The molecule has 0 atom stereocenters. The number of rotatable bonds is 8. The van der Waals surface area contributed by atoms with Crippen molar-refractivity contribution in [3.63, 3.8) is 0 Å². The van der Waals surface area contributed by atoms with Gasteiger partial charge in [-0.25, -0.2) is 8.42 Å². The summed E-state index contributed by atoms with van der Waals surface area (Å²) in [7, 11) is -3.21. The zero-order valence-electron chi connectivity index (χ0n) is 21.5. The van der Waals surface area contributed by atoms with Crippen LogP contribution in [-0.2, 0) is 16.4 Å². The molecule has 0 radical (unpaired) electrons. The molecule has 2 aromatic carbocycles. The molecule has 0 aliphatic carbocycles. The predicted octanol–water partition coefficient (Wildman–Crippen LogP) is 5.19. The summed E-state index contributed by atoms with van der Waals surface area (Å²) >= 11 is 0. The number of likely N-dealkylation sites (tertiary alicyclic amines) is 1. The van der Waals surface area contributed by atoms with Crippen LogP contribution in [0.5, 0.6) is 11.6 Å². The van der Waals surface area contributed by atoms with Gasteiger partial charge in [-0.1, -0.05) is 29.8 Å². The number of nitrogens with zero attached hydrogens (tertiary/aromatic N) is 3. The van der Waals surface area contributed by atoms with Crippen molar-refractivity contribution in [3.8, 4) is 11.6 Å². The Kier molecular flexibility index (Phi) is 7.79. The molecule has 196 valence electrons. The van der Waals surface area contributed by atoms with Crippen molar-refractivity contribution in [2.45, 2.75) is 51.1 Å². The van der Waals surface area contributed by atoms with Crippen LogP contribution in [0, 0.1) is 30.9 Å². The first-order valence-corrected chi connectivity index (χ1v) is 14.1. The molecule has 3 aromatic rings. The summed E-state index contributed by atoms with van der Waals surface area (Å²) < 4.78 is 29.4. The van der Waals surface area contributed by atoms with Crippen LogP contribution in [0.25, 0.3) is 0 Å². The summed E-state index contributed by atoms with van der Waals surface area (Å²) in [5, 5.41) is 14.9. The molecule has 9 nitrogen and oxygen atoms in total. The summed E-state index contributed by atoms with van der Waals surface area (Å²) in [6, 6.07) is 14.0. The number of aryl methyl sites for hydroxylation is 3. The van der Waals surface area contributed by atoms with Crippen molar-refractivity contribution in [2.24, 2.45) is 0 Å². The van der Waals surface area contributed by atoms with E-state index < -0.39 is 14.8 Å². The number of aromatic nitrogens is 1.